The Morgan fingerprint density at radius 1 is 0.407 bits per heavy atom. The van der Waals surface area contributed by atoms with Gasteiger partial charge in [0.05, 0.1) is 54.9 Å². The zero-order chi connectivity index (χ0) is 81.1. The normalized spacial score (nSPS) is 55.8. The molecule has 36 atom stereocenters. The molecule has 16 heteroatoms. The summed E-state index contributed by atoms with van der Waals surface area (Å²) < 4.78 is 40.2. The van der Waals surface area contributed by atoms with E-state index in [1.54, 1.807) is 0 Å². The third kappa shape index (κ3) is 12.0. The van der Waals surface area contributed by atoms with Crippen LogP contribution < -0.4 is 0 Å². The van der Waals surface area contributed by atoms with Gasteiger partial charge in [-0.2, -0.15) is 0 Å². The number of hydrogen-bond acceptors (Lipinski definition) is 13. The van der Waals surface area contributed by atoms with Crippen molar-refractivity contribution >= 4 is 56.9 Å². The van der Waals surface area contributed by atoms with Gasteiger partial charge in [-0.1, -0.05) is 168 Å². The largest absolute Gasteiger partial charge is 0.396 e. The molecular formula is C92H154B3O10S3. The Kier molecular flexibility index (Phi) is 22.6. The van der Waals surface area contributed by atoms with Crippen LogP contribution in [0.25, 0.3) is 0 Å². The van der Waals surface area contributed by atoms with Crippen molar-refractivity contribution in [2.45, 2.75) is 380 Å². The van der Waals surface area contributed by atoms with Crippen molar-refractivity contribution in [3.63, 3.8) is 0 Å². The highest BCUT2D eigenvalue weighted by atomic mass is 32.2. The average molecular weight is 1550 g/mol. The average Bonchev–Trinajstić information content (AvgIpc) is 1.49. The van der Waals surface area contributed by atoms with Crippen molar-refractivity contribution in [3.05, 3.63) is 34.9 Å². The highest BCUT2D eigenvalue weighted by Crippen LogP contribution is 2.90. The maximum atomic E-state index is 12.1. The van der Waals surface area contributed by atoms with Gasteiger partial charge in [-0.25, -0.2) is 0 Å². The minimum Gasteiger partial charge on any atom is -0.396 e. The van der Waals surface area contributed by atoms with E-state index in [9.17, 15) is 35.7 Å². The van der Waals surface area contributed by atoms with Crippen LogP contribution in [0.3, 0.4) is 0 Å². The molecule has 3 spiro atoms. The fraction of sp³-hybridized carbons (Fsp3) is 0.935. The van der Waals surface area contributed by atoms with Crippen LogP contribution in [0.4, 0.5) is 0 Å². The van der Waals surface area contributed by atoms with Crippen LogP contribution in [0.15, 0.2) is 34.9 Å². The first kappa shape index (κ1) is 81.8. The minimum absolute atomic E-state index is 0.0124. The summed E-state index contributed by atoms with van der Waals surface area (Å²) in [5, 5.41) is 82.6. The van der Waals surface area contributed by atoms with Crippen molar-refractivity contribution in [2.75, 3.05) is 6.61 Å². The number of aliphatic hydroxyl groups excluding tert-OH is 7. The van der Waals surface area contributed by atoms with E-state index in [0.29, 0.717) is 47.3 Å². The Labute approximate surface area is 678 Å². The van der Waals surface area contributed by atoms with E-state index >= 15 is 0 Å². The lowest BCUT2D eigenvalue weighted by molar-refractivity contribution is -0.239. The van der Waals surface area contributed by atoms with Gasteiger partial charge in [0.25, 0.3) is 0 Å². The van der Waals surface area contributed by atoms with E-state index in [-0.39, 0.29) is 160 Å². The predicted octanol–water partition coefficient (Wildman–Crippen LogP) is 19.5. The van der Waals surface area contributed by atoms with Crippen molar-refractivity contribution in [1.29, 1.82) is 4.01 Å². The number of fused-ring (bicyclic) bond motifs is 18. The van der Waals surface area contributed by atoms with Gasteiger partial charge in [0.15, 0.2) is 0 Å². The fourth-order valence-corrected chi connectivity index (χ4v) is 36.5. The molecule has 27 unspecified atom stereocenters. The summed E-state index contributed by atoms with van der Waals surface area (Å²) in [6.07, 6.45) is 35.6. The first-order valence-electron chi connectivity index (χ1n) is 46.0. The lowest BCUT2D eigenvalue weighted by Gasteiger charge is -2.69. The molecule has 0 bridgehead atoms. The smallest absolute Gasteiger partial charge is 0.209 e. The maximum absolute atomic E-state index is 12.1. The standard InChI is InChI=1S/2C31H52BO3S.C30H50BO4S/c2*1-8-30(13-9-10-19(2)3)18-31(30)24-16-22(33)26-27(5)14-12-23(35-36-32)20(4)21(27)11-15-28(26,6)29(24,7)17-25(31)34;1-18(2)8-7-11-29(17-32)16-30(29)23-14-21(33)25-26(4)12-10-22(35-36-31)19(3)20(26)9-13-27(25,5)28(23,6)15-24(30)34/h2*10,20-26,32-34H,8-9,11-18H2,1-7H3;8,19-25,31-34H,7,9-17H2,1-6H3/t2*20?,21?,22?,23?,24?,25-,26?,27-,28?,29-,30?,31?;19?,20?,21?,22?,23?,24-,25?,26-,27?,28-,29?,30?/m000/s1/i2*32T;31T. The molecule has 3 radical (unpaired) electrons. The molecule has 0 saturated heterocycles. The molecule has 0 aromatic heterocycles. The third-order valence-electron chi connectivity index (χ3n) is 40.7. The Hall–Kier alpha value is 0.0648. The van der Waals surface area contributed by atoms with Crippen LogP contribution in [0.1, 0.15) is 325 Å². The third-order valence-corrected chi connectivity index (χ3v) is 41.8. The molecule has 15 rings (SSSR count). The van der Waals surface area contributed by atoms with E-state index in [1.165, 1.54) is 87.5 Å². The van der Waals surface area contributed by atoms with Gasteiger partial charge in [-0.05, 0) is 362 Å². The number of rotatable bonds is 21. The van der Waals surface area contributed by atoms with Crippen LogP contribution >= 0.6 is 35.7 Å². The van der Waals surface area contributed by atoms with E-state index in [2.05, 4.69) is 157 Å². The zero-order valence-electron chi connectivity index (χ0n) is 74.4. The van der Waals surface area contributed by atoms with Crippen LogP contribution in [0, 0.1) is 152 Å². The summed E-state index contributed by atoms with van der Waals surface area (Å²) in [7, 11) is 3.86. The van der Waals surface area contributed by atoms with Crippen LogP contribution in [0.2, 0.25) is 0 Å². The summed E-state index contributed by atoms with van der Waals surface area (Å²) in [5.41, 5.74) is 4.31. The molecular weight excluding hydrogens is 1390 g/mol. The van der Waals surface area contributed by atoms with E-state index in [4.69, 9.17) is 16.6 Å². The van der Waals surface area contributed by atoms with E-state index in [1.807, 2.05) is 0 Å². The minimum atomic E-state index is -0.407. The predicted molar refractivity (Wildman–Crippen MR) is 452 cm³/mol. The second-order valence-electron chi connectivity index (χ2n) is 44.3. The van der Waals surface area contributed by atoms with Gasteiger partial charge < -0.3 is 48.3 Å². The Bertz CT molecular complexity index is 3080. The van der Waals surface area contributed by atoms with E-state index < -0.39 is 6.10 Å². The highest BCUT2D eigenvalue weighted by molar-refractivity contribution is 8.16. The molecule has 108 heavy (non-hydrogen) atoms. The summed E-state index contributed by atoms with van der Waals surface area (Å²) in [5.74, 6) is 4.60. The molecule has 0 aliphatic heterocycles. The van der Waals surface area contributed by atoms with Crippen molar-refractivity contribution in [2.24, 2.45) is 152 Å². The Morgan fingerprint density at radius 3 is 0.935 bits per heavy atom. The van der Waals surface area contributed by atoms with Crippen LogP contribution in [0.5, 0.6) is 0 Å². The second kappa shape index (κ2) is 29.8. The van der Waals surface area contributed by atoms with Crippen molar-refractivity contribution in [1.82, 2.24) is 0 Å². The highest BCUT2D eigenvalue weighted by Gasteiger charge is 2.86. The zero-order valence-corrected chi connectivity index (χ0v) is 73.8. The number of allylic oxidation sites excluding steroid dienone is 6. The summed E-state index contributed by atoms with van der Waals surface area (Å²) >= 11 is 3.48. The van der Waals surface area contributed by atoms with Gasteiger partial charge in [-0.15, -0.1) is 0 Å². The molecule has 0 aromatic carbocycles. The van der Waals surface area contributed by atoms with Crippen molar-refractivity contribution < 1.29 is 48.3 Å². The van der Waals surface area contributed by atoms with Gasteiger partial charge in [0.1, 0.15) is 0 Å². The Morgan fingerprint density at radius 2 is 0.676 bits per heavy atom. The molecule has 0 amide bonds. The lowest BCUT2D eigenvalue weighted by atomic mass is 9.36. The van der Waals surface area contributed by atoms with Crippen LogP contribution in [-0.4, -0.2) is 123 Å². The van der Waals surface area contributed by atoms with Gasteiger partial charge in [0.2, 0.25) is 21.3 Å². The number of hydrogen-bond donors (Lipinski definition) is 7. The fourth-order valence-electron chi connectivity index (χ4n) is 35.2. The summed E-state index contributed by atoms with van der Waals surface area (Å²) in [6, 6.07) is 0. The number of aliphatic hydroxyl groups is 7. The molecule has 0 heterocycles. The summed E-state index contributed by atoms with van der Waals surface area (Å²) in [6.45, 7) is 47.2. The van der Waals surface area contributed by atoms with E-state index in [0.717, 1.165) is 172 Å². The molecule has 609 valence electrons. The molecule has 0 aromatic rings. The first-order valence-corrected chi connectivity index (χ1v) is 46.7. The maximum Gasteiger partial charge on any atom is 0.209 e. The molecule has 15 aliphatic carbocycles. The molecule has 15 fully saturated rings. The molecule has 15 saturated carbocycles. The Balaban J connectivity index is 0.000000146. The van der Waals surface area contributed by atoms with Crippen LogP contribution in [-0.2, 0) is 12.5 Å². The summed E-state index contributed by atoms with van der Waals surface area (Å²) in [4.78, 5) is 0. The SMILES string of the molecule is [3H][B]SOC1CC[C@@]2(C)C(CCC3(C)C2C(O)CC2C4(CC4(CC)CCC=C(C)C)[C@@H](O)C[C@@]23C)C1C.[3H][B]SOC1CC[C@@]2(C)C(CCC3(C)C2C(O)CC2C4(CC4(CC)CCC=C(C)C)[C@@H](O)C[C@@]23C)C1C.[3H][B]SOC1CC[C@@]2(C)C(CCC3(C)C2C(O)CC2C4(CC4(CO)CCC=C(C)C)[C@@H](O)C[C@@]23C)C1C. The second-order valence-corrected chi connectivity index (χ2v) is 45.5. The van der Waals surface area contributed by atoms with Crippen molar-refractivity contribution in [3.8, 4) is 0 Å². The van der Waals surface area contributed by atoms with Gasteiger partial charge >= 0.3 is 0 Å². The molecule has 7 N–H and O–H groups in total. The van der Waals surface area contributed by atoms with Gasteiger partial charge in [-0.3, -0.25) is 0 Å². The lowest BCUT2D eigenvalue weighted by Crippen LogP contribution is -2.66. The molecule has 15 aliphatic rings. The molecule has 10 nitrogen and oxygen atoms in total. The first-order chi connectivity index (χ1) is 52.1. The topological polar surface area (TPSA) is 169 Å². The quantitative estimate of drug-likeness (QED) is 0.0330. The van der Waals surface area contributed by atoms with Gasteiger partial charge in [0, 0.05) is 28.3 Å². The monoisotopic (exact) mass is 1550 g/mol.